The number of nitrogens with two attached hydrogens (primary N) is 1. The van der Waals surface area contributed by atoms with Gasteiger partial charge in [-0.05, 0) is 43.5 Å². The predicted octanol–water partition coefficient (Wildman–Crippen LogP) is 3.13. The Labute approximate surface area is 117 Å². The summed E-state index contributed by atoms with van der Waals surface area (Å²) in [5.41, 5.74) is 5.66. The summed E-state index contributed by atoms with van der Waals surface area (Å²) in [4.78, 5) is 0. The van der Waals surface area contributed by atoms with E-state index in [1.54, 1.807) is 6.07 Å². The highest BCUT2D eigenvalue weighted by atomic mass is 35.5. The highest BCUT2D eigenvalue weighted by molar-refractivity contribution is 5.85. The zero-order valence-electron chi connectivity index (χ0n) is 10.4. The number of piperidine rings is 1. The number of alkyl halides is 3. The lowest BCUT2D eigenvalue weighted by molar-refractivity contribution is -0.138. The van der Waals surface area contributed by atoms with E-state index in [0.717, 1.165) is 32.0 Å². The normalized spacial score (nSPS) is 18.7. The Bertz CT molecular complexity index is 403. The number of halogens is 4. The van der Waals surface area contributed by atoms with E-state index in [1.165, 1.54) is 12.1 Å². The van der Waals surface area contributed by atoms with Gasteiger partial charge < -0.3 is 11.1 Å². The molecule has 3 N–H and O–H groups in total. The lowest BCUT2D eigenvalue weighted by Gasteiger charge is -2.29. The molecule has 2 nitrogen and oxygen atoms in total. The molecule has 1 saturated heterocycles. The SMILES string of the molecule is Cl.N[C@@H](c1ccccc1C(F)(F)F)C1CCNCC1. The van der Waals surface area contributed by atoms with Gasteiger partial charge in [0.05, 0.1) is 5.56 Å². The first-order valence-corrected chi connectivity index (χ1v) is 6.12. The van der Waals surface area contributed by atoms with Gasteiger partial charge in [-0.1, -0.05) is 18.2 Å². The van der Waals surface area contributed by atoms with Gasteiger partial charge in [0, 0.05) is 6.04 Å². The summed E-state index contributed by atoms with van der Waals surface area (Å²) < 4.78 is 38.7. The standard InChI is InChI=1S/C13H17F3N2.ClH/c14-13(15,16)11-4-2-1-3-10(11)12(17)9-5-7-18-8-6-9;/h1-4,9,12,18H,5-8,17H2;1H/t12-;/m1./s1. The molecule has 1 atom stereocenters. The van der Waals surface area contributed by atoms with Gasteiger partial charge in [-0.25, -0.2) is 0 Å². The van der Waals surface area contributed by atoms with E-state index in [4.69, 9.17) is 5.73 Å². The van der Waals surface area contributed by atoms with Gasteiger partial charge in [-0.3, -0.25) is 0 Å². The topological polar surface area (TPSA) is 38.0 Å². The molecule has 1 aliphatic rings. The average Bonchev–Trinajstić information content (AvgIpc) is 2.38. The summed E-state index contributed by atoms with van der Waals surface area (Å²) in [6.45, 7) is 1.65. The molecule has 0 amide bonds. The van der Waals surface area contributed by atoms with E-state index in [0.29, 0.717) is 0 Å². The van der Waals surface area contributed by atoms with Gasteiger partial charge in [-0.2, -0.15) is 13.2 Å². The Morgan fingerprint density at radius 3 is 2.32 bits per heavy atom. The van der Waals surface area contributed by atoms with Crippen LogP contribution in [0, 0.1) is 5.92 Å². The van der Waals surface area contributed by atoms with Crippen molar-refractivity contribution in [3.63, 3.8) is 0 Å². The Hall–Kier alpha value is -0.780. The second-order valence-corrected chi connectivity index (χ2v) is 4.70. The predicted molar refractivity (Wildman–Crippen MR) is 71.2 cm³/mol. The first kappa shape index (κ1) is 16.3. The quantitative estimate of drug-likeness (QED) is 0.879. The van der Waals surface area contributed by atoms with Crippen molar-refractivity contribution in [2.45, 2.75) is 25.1 Å². The van der Waals surface area contributed by atoms with Gasteiger partial charge in [0.15, 0.2) is 0 Å². The van der Waals surface area contributed by atoms with Crippen molar-refractivity contribution in [1.29, 1.82) is 0 Å². The maximum Gasteiger partial charge on any atom is 0.416 e. The molecule has 0 bridgehead atoms. The van der Waals surface area contributed by atoms with Crippen LogP contribution in [0.5, 0.6) is 0 Å². The molecule has 1 aliphatic heterocycles. The smallest absolute Gasteiger partial charge is 0.324 e. The zero-order valence-corrected chi connectivity index (χ0v) is 11.2. The molecule has 1 aromatic carbocycles. The van der Waals surface area contributed by atoms with Crippen LogP contribution < -0.4 is 11.1 Å². The van der Waals surface area contributed by atoms with Crippen LogP contribution >= 0.6 is 12.4 Å². The maximum absolute atomic E-state index is 12.9. The van der Waals surface area contributed by atoms with Crippen molar-refractivity contribution in [3.8, 4) is 0 Å². The molecule has 0 unspecified atom stereocenters. The maximum atomic E-state index is 12.9. The lowest BCUT2D eigenvalue weighted by Crippen LogP contribution is -2.34. The highest BCUT2D eigenvalue weighted by Crippen LogP contribution is 2.37. The molecule has 2 rings (SSSR count). The first-order valence-electron chi connectivity index (χ1n) is 6.12. The van der Waals surface area contributed by atoms with Crippen molar-refractivity contribution >= 4 is 12.4 Å². The number of benzene rings is 1. The molecular formula is C13H18ClF3N2. The molecule has 0 saturated carbocycles. The van der Waals surface area contributed by atoms with Crippen molar-refractivity contribution in [3.05, 3.63) is 35.4 Å². The summed E-state index contributed by atoms with van der Waals surface area (Å²) >= 11 is 0. The van der Waals surface area contributed by atoms with Crippen LogP contribution in [0.15, 0.2) is 24.3 Å². The van der Waals surface area contributed by atoms with Crippen molar-refractivity contribution < 1.29 is 13.2 Å². The van der Waals surface area contributed by atoms with Crippen LogP contribution in [-0.2, 0) is 6.18 Å². The van der Waals surface area contributed by atoms with E-state index < -0.39 is 17.8 Å². The monoisotopic (exact) mass is 294 g/mol. The zero-order chi connectivity index (χ0) is 13.2. The summed E-state index contributed by atoms with van der Waals surface area (Å²) in [5, 5.41) is 3.19. The van der Waals surface area contributed by atoms with Crippen LogP contribution in [0.2, 0.25) is 0 Å². The van der Waals surface area contributed by atoms with Crippen LogP contribution in [0.4, 0.5) is 13.2 Å². The van der Waals surface area contributed by atoms with Crippen LogP contribution in [-0.4, -0.2) is 13.1 Å². The van der Waals surface area contributed by atoms with Crippen molar-refractivity contribution in [2.75, 3.05) is 13.1 Å². The Morgan fingerprint density at radius 1 is 1.16 bits per heavy atom. The third kappa shape index (κ3) is 3.84. The Kier molecular flexibility index (Phi) is 5.64. The van der Waals surface area contributed by atoms with Crippen molar-refractivity contribution in [1.82, 2.24) is 5.32 Å². The lowest BCUT2D eigenvalue weighted by atomic mass is 9.84. The molecule has 0 aliphatic carbocycles. The van der Waals surface area contributed by atoms with E-state index in [-0.39, 0.29) is 23.9 Å². The molecule has 0 spiro atoms. The third-order valence-corrected chi connectivity index (χ3v) is 3.52. The van der Waals surface area contributed by atoms with E-state index >= 15 is 0 Å². The molecule has 0 aromatic heterocycles. The molecule has 1 fully saturated rings. The molecule has 1 heterocycles. The van der Waals surface area contributed by atoms with Crippen LogP contribution in [0.3, 0.4) is 0 Å². The summed E-state index contributed by atoms with van der Waals surface area (Å²) in [5.74, 6) is 0.120. The van der Waals surface area contributed by atoms with Crippen LogP contribution in [0.1, 0.15) is 30.0 Å². The minimum absolute atomic E-state index is 0. The number of rotatable bonds is 2. The molecule has 1 aromatic rings. The summed E-state index contributed by atoms with van der Waals surface area (Å²) in [6, 6.07) is 5.09. The number of hydrogen-bond acceptors (Lipinski definition) is 2. The second-order valence-electron chi connectivity index (χ2n) is 4.70. The largest absolute Gasteiger partial charge is 0.416 e. The van der Waals surface area contributed by atoms with Gasteiger partial charge in [0.2, 0.25) is 0 Å². The van der Waals surface area contributed by atoms with Crippen molar-refractivity contribution in [2.24, 2.45) is 11.7 Å². The van der Waals surface area contributed by atoms with E-state index in [2.05, 4.69) is 5.32 Å². The van der Waals surface area contributed by atoms with Gasteiger partial charge in [0.1, 0.15) is 0 Å². The average molecular weight is 295 g/mol. The second kappa shape index (κ2) is 6.59. The van der Waals surface area contributed by atoms with E-state index in [1.807, 2.05) is 0 Å². The molecule has 108 valence electrons. The highest BCUT2D eigenvalue weighted by Gasteiger charge is 2.35. The Balaban J connectivity index is 0.00000180. The fourth-order valence-electron chi connectivity index (χ4n) is 2.50. The molecule has 0 radical (unpaired) electrons. The molecule has 6 heteroatoms. The number of nitrogens with one attached hydrogen (secondary N) is 1. The van der Waals surface area contributed by atoms with Gasteiger partial charge >= 0.3 is 6.18 Å². The fourth-order valence-corrected chi connectivity index (χ4v) is 2.50. The van der Waals surface area contributed by atoms with E-state index in [9.17, 15) is 13.2 Å². The molecule has 19 heavy (non-hydrogen) atoms. The Morgan fingerprint density at radius 2 is 1.74 bits per heavy atom. The summed E-state index contributed by atoms with van der Waals surface area (Å²) in [7, 11) is 0. The van der Waals surface area contributed by atoms with Crippen LogP contribution in [0.25, 0.3) is 0 Å². The first-order chi connectivity index (χ1) is 8.50. The number of hydrogen-bond donors (Lipinski definition) is 2. The molecular weight excluding hydrogens is 277 g/mol. The van der Waals surface area contributed by atoms with Gasteiger partial charge in [0.25, 0.3) is 0 Å². The minimum Gasteiger partial charge on any atom is -0.324 e. The fraction of sp³-hybridized carbons (Fsp3) is 0.538. The minimum atomic E-state index is -4.33. The third-order valence-electron chi connectivity index (χ3n) is 3.52. The summed E-state index contributed by atoms with van der Waals surface area (Å²) in [6.07, 6.45) is -2.68. The van der Waals surface area contributed by atoms with Gasteiger partial charge in [-0.15, -0.1) is 12.4 Å².